The predicted octanol–water partition coefficient (Wildman–Crippen LogP) is 5.18. The number of carbonyl (C=O) groups excluding carboxylic acids is 1. The number of ether oxygens (including phenoxy) is 1. The van der Waals surface area contributed by atoms with Crippen LogP contribution in [0.2, 0.25) is 0 Å². The number of alkyl halides is 6. The van der Waals surface area contributed by atoms with Crippen LogP contribution in [0.3, 0.4) is 0 Å². The first kappa shape index (κ1) is 24.2. The number of carbonyl (C=O) groups is 1. The normalized spacial score (nSPS) is 15.5. The zero-order chi connectivity index (χ0) is 23.5. The second-order valence-electron chi connectivity index (χ2n) is 7.07. The molecule has 1 aromatic heterocycles. The summed E-state index contributed by atoms with van der Waals surface area (Å²) in [6.45, 7) is 1.21. The van der Waals surface area contributed by atoms with E-state index in [0.717, 1.165) is 6.07 Å². The lowest BCUT2D eigenvalue weighted by Crippen LogP contribution is -2.33. The van der Waals surface area contributed by atoms with E-state index in [1.807, 2.05) is 0 Å². The summed E-state index contributed by atoms with van der Waals surface area (Å²) in [7, 11) is 0. The average molecular weight is 527 g/mol. The van der Waals surface area contributed by atoms with Crippen molar-refractivity contribution in [3.05, 3.63) is 45.7 Å². The molecule has 6 nitrogen and oxygen atoms in total. The smallest absolute Gasteiger partial charge is 0.381 e. The average Bonchev–Trinajstić information content (AvgIpc) is 2.71. The molecule has 0 bridgehead atoms. The van der Waals surface area contributed by atoms with Crippen LogP contribution in [-0.2, 0) is 17.1 Å². The van der Waals surface area contributed by atoms with Crippen molar-refractivity contribution < 1.29 is 35.9 Å². The van der Waals surface area contributed by atoms with Gasteiger partial charge in [0.2, 0.25) is 5.95 Å². The summed E-state index contributed by atoms with van der Waals surface area (Å²) >= 11 is 2.92. The number of amides is 1. The van der Waals surface area contributed by atoms with E-state index in [0.29, 0.717) is 38.3 Å². The Bertz CT molecular complexity index is 977. The number of hydrogen-bond donors (Lipinski definition) is 2. The molecule has 0 unspecified atom stereocenters. The summed E-state index contributed by atoms with van der Waals surface area (Å²) in [4.78, 5) is 19.4. The summed E-state index contributed by atoms with van der Waals surface area (Å²) in [6.07, 6.45) is -7.60. The SMILES string of the molecule is O=C(NCC1CCOCC1)c1cnc(Nc2cc(Br)cc(C(F)(F)F)c2)nc1C(F)(F)F. The van der Waals surface area contributed by atoms with Gasteiger partial charge in [-0.15, -0.1) is 0 Å². The number of benzene rings is 1. The van der Waals surface area contributed by atoms with Gasteiger partial charge in [0.1, 0.15) is 0 Å². The first-order chi connectivity index (χ1) is 14.9. The Morgan fingerprint density at radius 3 is 2.41 bits per heavy atom. The molecule has 1 aliphatic heterocycles. The number of nitrogens with one attached hydrogen (secondary N) is 2. The van der Waals surface area contributed by atoms with Crippen molar-refractivity contribution in [1.29, 1.82) is 0 Å². The molecule has 0 radical (unpaired) electrons. The van der Waals surface area contributed by atoms with E-state index >= 15 is 0 Å². The van der Waals surface area contributed by atoms with Crippen LogP contribution >= 0.6 is 15.9 Å². The Morgan fingerprint density at radius 1 is 1.09 bits per heavy atom. The van der Waals surface area contributed by atoms with E-state index in [1.165, 1.54) is 6.07 Å². The summed E-state index contributed by atoms with van der Waals surface area (Å²) < 4.78 is 84.8. The van der Waals surface area contributed by atoms with Crippen molar-refractivity contribution >= 4 is 33.5 Å². The van der Waals surface area contributed by atoms with Gasteiger partial charge in [-0.25, -0.2) is 9.97 Å². The Kier molecular flexibility index (Phi) is 7.28. The van der Waals surface area contributed by atoms with Crippen LogP contribution in [0.25, 0.3) is 0 Å². The highest BCUT2D eigenvalue weighted by Crippen LogP contribution is 2.35. The molecule has 3 rings (SSSR count). The molecule has 2 N–H and O–H groups in total. The number of rotatable bonds is 5. The van der Waals surface area contributed by atoms with Crippen LogP contribution in [0, 0.1) is 5.92 Å². The highest BCUT2D eigenvalue weighted by Gasteiger charge is 2.38. The van der Waals surface area contributed by atoms with Crippen molar-refractivity contribution in [3.63, 3.8) is 0 Å². The second-order valence-corrected chi connectivity index (χ2v) is 7.99. The number of anilines is 2. The van der Waals surface area contributed by atoms with Gasteiger partial charge in [-0.1, -0.05) is 15.9 Å². The van der Waals surface area contributed by atoms with E-state index in [2.05, 4.69) is 36.5 Å². The van der Waals surface area contributed by atoms with E-state index in [-0.39, 0.29) is 22.6 Å². The molecule has 0 saturated carbocycles. The molecule has 2 heterocycles. The minimum atomic E-state index is -4.99. The van der Waals surface area contributed by atoms with E-state index < -0.39 is 41.0 Å². The maximum atomic E-state index is 13.5. The van der Waals surface area contributed by atoms with Crippen molar-refractivity contribution in [1.82, 2.24) is 15.3 Å². The minimum Gasteiger partial charge on any atom is -0.381 e. The highest BCUT2D eigenvalue weighted by atomic mass is 79.9. The summed E-state index contributed by atoms with van der Waals surface area (Å²) in [5.74, 6) is -1.51. The van der Waals surface area contributed by atoms with Crippen LogP contribution in [0.1, 0.15) is 34.5 Å². The minimum absolute atomic E-state index is 0.0509. The molecule has 174 valence electrons. The molecule has 1 aliphatic rings. The van der Waals surface area contributed by atoms with Gasteiger partial charge in [0.25, 0.3) is 5.91 Å². The third-order valence-corrected chi connectivity index (χ3v) is 5.13. The predicted molar refractivity (Wildman–Crippen MR) is 105 cm³/mol. The van der Waals surface area contributed by atoms with Crippen molar-refractivity contribution in [3.8, 4) is 0 Å². The number of nitrogens with zero attached hydrogens (tertiary/aromatic N) is 2. The lowest BCUT2D eigenvalue weighted by atomic mass is 10.0. The van der Waals surface area contributed by atoms with Gasteiger partial charge in [-0.2, -0.15) is 26.3 Å². The fourth-order valence-electron chi connectivity index (χ4n) is 3.06. The van der Waals surface area contributed by atoms with E-state index in [9.17, 15) is 31.1 Å². The molecule has 1 saturated heterocycles. The zero-order valence-electron chi connectivity index (χ0n) is 16.3. The van der Waals surface area contributed by atoms with Crippen LogP contribution in [0.15, 0.2) is 28.9 Å². The lowest BCUT2D eigenvalue weighted by Gasteiger charge is -2.22. The van der Waals surface area contributed by atoms with Gasteiger partial charge in [-0.05, 0) is 37.0 Å². The van der Waals surface area contributed by atoms with Crippen molar-refractivity contribution in [2.75, 3.05) is 25.1 Å². The lowest BCUT2D eigenvalue weighted by molar-refractivity contribution is -0.141. The van der Waals surface area contributed by atoms with Crippen molar-refractivity contribution in [2.45, 2.75) is 25.2 Å². The van der Waals surface area contributed by atoms with Gasteiger partial charge in [0.15, 0.2) is 5.69 Å². The van der Waals surface area contributed by atoms with E-state index in [4.69, 9.17) is 4.74 Å². The van der Waals surface area contributed by atoms with Gasteiger partial charge < -0.3 is 15.4 Å². The van der Waals surface area contributed by atoms with Crippen LogP contribution in [0.5, 0.6) is 0 Å². The molecule has 1 amide bonds. The van der Waals surface area contributed by atoms with Gasteiger partial charge in [-0.3, -0.25) is 4.79 Å². The number of aromatic nitrogens is 2. The highest BCUT2D eigenvalue weighted by molar-refractivity contribution is 9.10. The summed E-state index contributed by atoms with van der Waals surface area (Å²) in [5, 5.41) is 4.78. The Balaban J connectivity index is 1.82. The first-order valence-corrected chi connectivity index (χ1v) is 10.2. The fourth-order valence-corrected chi connectivity index (χ4v) is 3.55. The van der Waals surface area contributed by atoms with Crippen LogP contribution in [-0.4, -0.2) is 35.6 Å². The first-order valence-electron chi connectivity index (χ1n) is 9.38. The molecular weight excluding hydrogens is 510 g/mol. The Morgan fingerprint density at radius 2 is 1.78 bits per heavy atom. The second kappa shape index (κ2) is 9.61. The van der Waals surface area contributed by atoms with Gasteiger partial charge >= 0.3 is 12.4 Å². The molecule has 0 atom stereocenters. The zero-order valence-corrected chi connectivity index (χ0v) is 17.9. The quantitative estimate of drug-likeness (QED) is 0.525. The van der Waals surface area contributed by atoms with Crippen molar-refractivity contribution in [2.24, 2.45) is 5.92 Å². The summed E-state index contributed by atoms with van der Waals surface area (Å²) in [6, 6.07) is 2.75. The summed E-state index contributed by atoms with van der Waals surface area (Å²) in [5.41, 5.74) is -3.48. The molecule has 32 heavy (non-hydrogen) atoms. The molecule has 1 fully saturated rings. The Labute approximate surface area is 186 Å². The van der Waals surface area contributed by atoms with Gasteiger partial charge in [0.05, 0.1) is 11.1 Å². The molecule has 13 heteroatoms. The standard InChI is InChI=1S/C19H17BrF6N4O2/c20-12-5-11(18(21,22)23)6-13(7-12)29-17-28-9-14(15(30-17)19(24,25)26)16(31)27-8-10-1-3-32-4-2-10/h5-7,9-10H,1-4,8H2,(H,27,31)(H,28,29,30). The molecule has 0 aliphatic carbocycles. The third kappa shape index (κ3) is 6.31. The van der Waals surface area contributed by atoms with Crippen LogP contribution in [0.4, 0.5) is 38.0 Å². The Hall–Kier alpha value is -2.41. The van der Waals surface area contributed by atoms with Gasteiger partial charge in [0, 0.05) is 36.1 Å². The fraction of sp³-hybridized carbons (Fsp3) is 0.421. The maximum absolute atomic E-state index is 13.5. The largest absolute Gasteiger partial charge is 0.434 e. The molecular formula is C19H17BrF6N4O2. The molecule has 0 spiro atoms. The number of halogens is 7. The number of hydrogen-bond acceptors (Lipinski definition) is 5. The monoisotopic (exact) mass is 526 g/mol. The van der Waals surface area contributed by atoms with Crippen LogP contribution < -0.4 is 10.6 Å². The maximum Gasteiger partial charge on any atom is 0.434 e. The third-order valence-electron chi connectivity index (χ3n) is 4.68. The van der Waals surface area contributed by atoms with E-state index in [1.54, 1.807) is 0 Å². The molecule has 1 aromatic carbocycles. The molecule has 2 aromatic rings. The topological polar surface area (TPSA) is 76.1 Å².